The molecular formula is C26H29N5O3S. The van der Waals surface area contributed by atoms with Crippen molar-refractivity contribution in [2.75, 3.05) is 30.0 Å². The van der Waals surface area contributed by atoms with Gasteiger partial charge in [-0.05, 0) is 42.7 Å². The molecule has 1 aliphatic rings. The number of carbonyl (C=O) groups excluding carboxylic acids is 1. The summed E-state index contributed by atoms with van der Waals surface area (Å²) in [4.78, 5) is 28.4. The second kappa shape index (κ2) is 10.3. The Labute approximate surface area is 205 Å². The Kier molecular flexibility index (Phi) is 7.22. The highest BCUT2D eigenvalue weighted by atomic mass is 32.2. The number of rotatable bonds is 9. The van der Waals surface area contributed by atoms with Gasteiger partial charge in [-0.25, -0.2) is 0 Å². The van der Waals surface area contributed by atoms with Crippen molar-refractivity contribution < 1.29 is 9.00 Å². The fraction of sp³-hybridized carbons (Fsp3) is 0.346. The molecule has 2 aromatic carbocycles. The van der Waals surface area contributed by atoms with E-state index in [0.29, 0.717) is 24.4 Å². The molecule has 0 aliphatic carbocycles. The topological polar surface area (TPSA) is 119 Å². The van der Waals surface area contributed by atoms with E-state index in [1.165, 1.54) is 6.26 Å². The van der Waals surface area contributed by atoms with Crippen LogP contribution in [0.1, 0.15) is 40.7 Å². The number of carbonyl (C=O) groups is 1. The van der Waals surface area contributed by atoms with Crippen LogP contribution in [0.5, 0.6) is 0 Å². The minimum atomic E-state index is -2.44. The maximum atomic E-state index is 13.2. The number of amides is 1. The fourth-order valence-electron chi connectivity index (χ4n) is 4.46. The molecule has 1 atom stereocenters. The number of hydrogen-bond donors (Lipinski definition) is 2. The van der Waals surface area contributed by atoms with Crippen molar-refractivity contribution in [3.8, 4) is 6.07 Å². The quantitative estimate of drug-likeness (QED) is 0.444. The maximum absolute atomic E-state index is 13.2. The number of aromatic nitrogens is 1. The molecule has 0 saturated heterocycles. The zero-order valence-electron chi connectivity index (χ0n) is 19.8. The summed E-state index contributed by atoms with van der Waals surface area (Å²) in [7, 11) is -2.44. The summed E-state index contributed by atoms with van der Waals surface area (Å²) in [6, 6.07) is 16.6. The molecule has 8 nitrogen and oxygen atoms in total. The number of anilines is 1. The molecular weight excluding hydrogens is 462 g/mol. The van der Waals surface area contributed by atoms with Crippen LogP contribution in [0.2, 0.25) is 0 Å². The standard InChI is InChI=1S/C26H29N5O3S/c1-35(28,34)15-4-2-3-12-30-13-14-31-24-21(6-5-7-23(24)30)16-22(26(31)33)25(32)29-18-20-10-8-19(17-27)9-11-20/h5-11,16,28H,2-4,12-15,18H2,1H3,(H,29,32). The first-order valence-corrected chi connectivity index (χ1v) is 13.8. The highest BCUT2D eigenvalue weighted by Gasteiger charge is 2.23. The number of unbranched alkanes of at least 4 members (excludes halogenated alkanes) is 2. The van der Waals surface area contributed by atoms with Gasteiger partial charge in [0.15, 0.2) is 0 Å². The zero-order chi connectivity index (χ0) is 25.0. The lowest BCUT2D eigenvalue weighted by Gasteiger charge is -2.32. The zero-order valence-corrected chi connectivity index (χ0v) is 20.6. The second-order valence-corrected chi connectivity index (χ2v) is 11.4. The third kappa shape index (κ3) is 5.72. The predicted octanol–water partition coefficient (Wildman–Crippen LogP) is 3.47. The van der Waals surface area contributed by atoms with E-state index in [2.05, 4.69) is 16.3 Å². The molecule has 0 fully saturated rings. The number of hydrogen-bond acceptors (Lipinski definition) is 6. The van der Waals surface area contributed by atoms with Crippen molar-refractivity contribution in [2.45, 2.75) is 32.4 Å². The number of nitriles is 1. The number of nitrogens with zero attached hydrogens (tertiary/aromatic N) is 3. The molecule has 2 N–H and O–H groups in total. The van der Waals surface area contributed by atoms with Gasteiger partial charge in [-0.1, -0.05) is 30.7 Å². The van der Waals surface area contributed by atoms with Gasteiger partial charge in [-0.3, -0.25) is 18.6 Å². The summed E-state index contributed by atoms with van der Waals surface area (Å²) in [6.45, 7) is 2.26. The van der Waals surface area contributed by atoms with Crippen LogP contribution in [0.25, 0.3) is 10.9 Å². The van der Waals surface area contributed by atoms with Crippen LogP contribution in [0, 0.1) is 16.1 Å². The summed E-state index contributed by atoms with van der Waals surface area (Å²) >= 11 is 0. The van der Waals surface area contributed by atoms with Crippen molar-refractivity contribution in [3.05, 3.63) is 75.6 Å². The summed E-state index contributed by atoms with van der Waals surface area (Å²) in [5.74, 6) is 0.0105. The van der Waals surface area contributed by atoms with Crippen LogP contribution in [0.15, 0.2) is 53.3 Å². The Hall–Kier alpha value is -3.64. The lowest BCUT2D eigenvalue weighted by atomic mass is 10.1. The van der Waals surface area contributed by atoms with E-state index in [1.807, 2.05) is 18.2 Å². The first-order chi connectivity index (χ1) is 16.8. The molecule has 1 aliphatic heterocycles. The van der Waals surface area contributed by atoms with E-state index in [9.17, 15) is 13.8 Å². The number of para-hydroxylation sites is 1. The van der Waals surface area contributed by atoms with Crippen molar-refractivity contribution >= 4 is 32.2 Å². The van der Waals surface area contributed by atoms with E-state index in [0.717, 1.165) is 48.0 Å². The Morgan fingerprint density at radius 2 is 1.91 bits per heavy atom. The summed E-state index contributed by atoms with van der Waals surface area (Å²) in [5, 5.41) is 12.6. The summed E-state index contributed by atoms with van der Waals surface area (Å²) in [6.07, 6.45) is 4.08. The van der Waals surface area contributed by atoms with Crippen LogP contribution >= 0.6 is 0 Å². The molecule has 4 rings (SSSR count). The average molecular weight is 492 g/mol. The van der Waals surface area contributed by atoms with Gasteiger partial charge >= 0.3 is 0 Å². The van der Waals surface area contributed by atoms with Crippen LogP contribution in [0.4, 0.5) is 5.69 Å². The third-order valence-electron chi connectivity index (χ3n) is 6.27. The van der Waals surface area contributed by atoms with Crippen LogP contribution in [0.3, 0.4) is 0 Å². The third-order valence-corrected chi connectivity index (χ3v) is 7.34. The minimum Gasteiger partial charge on any atom is -0.368 e. The van der Waals surface area contributed by atoms with Crippen LogP contribution < -0.4 is 15.8 Å². The number of nitrogens with one attached hydrogen (secondary N) is 2. The average Bonchev–Trinajstić information content (AvgIpc) is 2.84. The molecule has 2 heterocycles. The number of pyridine rings is 1. The molecule has 35 heavy (non-hydrogen) atoms. The smallest absolute Gasteiger partial charge is 0.264 e. The molecule has 0 radical (unpaired) electrons. The highest BCUT2D eigenvalue weighted by Crippen LogP contribution is 2.30. The Balaban J connectivity index is 1.50. The lowest BCUT2D eigenvalue weighted by molar-refractivity contribution is 0.0949. The van der Waals surface area contributed by atoms with Crippen molar-refractivity contribution in [1.29, 1.82) is 10.0 Å². The van der Waals surface area contributed by atoms with E-state index >= 15 is 0 Å². The fourth-order valence-corrected chi connectivity index (χ4v) is 5.21. The SMILES string of the molecule is CS(=N)(=O)CCCCCN1CCn2c(=O)c(C(=O)NCc3ccc(C#N)cc3)cc3cccc1c32. The van der Waals surface area contributed by atoms with Crippen LogP contribution in [-0.4, -0.2) is 39.8 Å². The largest absolute Gasteiger partial charge is 0.368 e. The number of benzene rings is 2. The first-order valence-electron chi connectivity index (χ1n) is 11.7. The predicted molar refractivity (Wildman–Crippen MR) is 138 cm³/mol. The highest BCUT2D eigenvalue weighted by molar-refractivity contribution is 7.91. The summed E-state index contributed by atoms with van der Waals surface area (Å²) < 4.78 is 20.8. The second-order valence-electron chi connectivity index (χ2n) is 8.98. The maximum Gasteiger partial charge on any atom is 0.264 e. The molecule has 0 spiro atoms. The molecule has 0 bridgehead atoms. The Bertz CT molecular complexity index is 1450. The van der Waals surface area contributed by atoms with Gasteiger partial charge in [-0.15, -0.1) is 0 Å². The van der Waals surface area contributed by atoms with Gasteiger partial charge < -0.3 is 14.8 Å². The van der Waals surface area contributed by atoms with E-state index in [-0.39, 0.29) is 17.7 Å². The molecule has 1 aromatic heterocycles. The molecule has 9 heteroatoms. The normalized spacial score (nSPS) is 14.3. The van der Waals surface area contributed by atoms with Gasteiger partial charge in [0.1, 0.15) is 5.56 Å². The van der Waals surface area contributed by atoms with Gasteiger partial charge in [0.25, 0.3) is 11.5 Å². The van der Waals surface area contributed by atoms with Crippen LogP contribution in [-0.2, 0) is 22.8 Å². The van der Waals surface area contributed by atoms with Crippen molar-refractivity contribution in [1.82, 2.24) is 9.88 Å². The Morgan fingerprint density at radius 1 is 1.14 bits per heavy atom. The lowest BCUT2D eigenvalue weighted by Crippen LogP contribution is -2.39. The molecule has 1 amide bonds. The van der Waals surface area contributed by atoms with Gasteiger partial charge in [0, 0.05) is 53.3 Å². The molecule has 182 valence electrons. The monoisotopic (exact) mass is 491 g/mol. The minimum absolute atomic E-state index is 0.121. The first kappa shape index (κ1) is 24.5. The molecule has 3 aromatic rings. The van der Waals surface area contributed by atoms with Gasteiger partial charge in [0.2, 0.25) is 0 Å². The van der Waals surface area contributed by atoms with Crippen molar-refractivity contribution in [2.24, 2.45) is 0 Å². The van der Waals surface area contributed by atoms with E-state index in [1.54, 1.807) is 34.9 Å². The van der Waals surface area contributed by atoms with Gasteiger partial charge in [-0.2, -0.15) is 5.26 Å². The van der Waals surface area contributed by atoms with E-state index in [4.69, 9.17) is 10.0 Å². The summed E-state index contributed by atoms with van der Waals surface area (Å²) in [5.41, 5.74) is 3.05. The Morgan fingerprint density at radius 3 is 2.63 bits per heavy atom. The van der Waals surface area contributed by atoms with E-state index < -0.39 is 15.6 Å². The molecule has 0 saturated carbocycles. The van der Waals surface area contributed by atoms with Crippen molar-refractivity contribution in [3.63, 3.8) is 0 Å². The van der Waals surface area contributed by atoms with Gasteiger partial charge in [0.05, 0.1) is 22.8 Å². The molecule has 1 unspecified atom stereocenters.